The molecule has 3 aromatic rings. The van der Waals surface area contributed by atoms with Crippen molar-refractivity contribution < 1.29 is 14.3 Å². The van der Waals surface area contributed by atoms with E-state index in [2.05, 4.69) is 15.4 Å². The topological polar surface area (TPSA) is 89.3 Å². The fraction of sp³-hybridized carbons (Fsp3) is 0.273. The summed E-state index contributed by atoms with van der Waals surface area (Å²) in [5.41, 5.74) is 2.71. The monoisotopic (exact) mass is 405 g/mol. The van der Waals surface area contributed by atoms with Crippen molar-refractivity contribution in [2.75, 3.05) is 13.2 Å². The van der Waals surface area contributed by atoms with E-state index in [-0.39, 0.29) is 11.8 Å². The Hall–Kier alpha value is -3.68. The maximum Gasteiger partial charge on any atom is 0.273 e. The van der Waals surface area contributed by atoms with Gasteiger partial charge < -0.3 is 15.0 Å². The van der Waals surface area contributed by atoms with E-state index < -0.39 is 6.04 Å². The average Bonchev–Trinajstić information content (AvgIpc) is 3.34. The van der Waals surface area contributed by atoms with Crippen LogP contribution in [-0.2, 0) is 18.4 Å². The van der Waals surface area contributed by atoms with Crippen LogP contribution in [0.15, 0.2) is 54.7 Å². The second-order valence-corrected chi connectivity index (χ2v) is 7.11. The summed E-state index contributed by atoms with van der Waals surface area (Å²) in [5.74, 6) is 0.289. The molecule has 2 aromatic heterocycles. The normalized spacial score (nSPS) is 13.8. The number of carbonyl (C=O) groups is 2. The Morgan fingerprint density at radius 3 is 2.73 bits per heavy atom. The van der Waals surface area contributed by atoms with Gasteiger partial charge in [-0.2, -0.15) is 5.10 Å². The molecule has 0 bridgehead atoms. The predicted octanol–water partition coefficient (Wildman–Crippen LogP) is 2.02. The first-order chi connectivity index (χ1) is 14.5. The summed E-state index contributed by atoms with van der Waals surface area (Å²) in [6.45, 7) is 2.79. The van der Waals surface area contributed by atoms with Crippen molar-refractivity contribution in [1.29, 1.82) is 0 Å². The van der Waals surface area contributed by atoms with Gasteiger partial charge in [-0.3, -0.25) is 14.3 Å². The molecule has 154 valence electrons. The van der Waals surface area contributed by atoms with Crippen LogP contribution in [0.3, 0.4) is 0 Å². The smallest absolute Gasteiger partial charge is 0.273 e. The van der Waals surface area contributed by atoms with Crippen molar-refractivity contribution >= 4 is 11.8 Å². The largest absolute Gasteiger partial charge is 0.492 e. The van der Waals surface area contributed by atoms with Crippen LogP contribution in [0.25, 0.3) is 11.4 Å². The van der Waals surface area contributed by atoms with Gasteiger partial charge in [-0.1, -0.05) is 24.3 Å². The van der Waals surface area contributed by atoms with Gasteiger partial charge in [-0.05, 0) is 31.2 Å². The molecule has 8 nitrogen and oxygen atoms in total. The number of hydrogen-bond donors (Lipinski definition) is 1. The number of aromatic nitrogens is 3. The predicted molar refractivity (Wildman–Crippen MR) is 111 cm³/mol. The lowest BCUT2D eigenvalue weighted by Gasteiger charge is -2.23. The molecule has 8 heteroatoms. The van der Waals surface area contributed by atoms with E-state index in [1.165, 1.54) is 4.90 Å². The Balaban J connectivity index is 1.36. The van der Waals surface area contributed by atoms with Crippen LogP contribution in [0.1, 0.15) is 23.0 Å². The van der Waals surface area contributed by atoms with Crippen LogP contribution < -0.4 is 10.1 Å². The zero-order valence-corrected chi connectivity index (χ0v) is 16.9. The minimum Gasteiger partial charge on any atom is -0.492 e. The number of hydrogen-bond acceptors (Lipinski definition) is 5. The van der Waals surface area contributed by atoms with Crippen molar-refractivity contribution in [2.45, 2.75) is 19.5 Å². The Morgan fingerprint density at radius 1 is 1.20 bits per heavy atom. The first-order valence-corrected chi connectivity index (χ1v) is 9.79. The first-order valence-electron chi connectivity index (χ1n) is 9.79. The molecule has 0 fully saturated rings. The molecule has 0 saturated carbocycles. The Morgan fingerprint density at radius 2 is 2.00 bits per heavy atom. The molecule has 2 amide bonds. The van der Waals surface area contributed by atoms with Crippen molar-refractivity contribution in [3.8, 4) is 17.1 Å². The summed E-state index contributed by atoms with van der Waals surface area (Å²) >= 11 is 0. The standard InChI is InChI=1S/C22H23N5O3/c1-15(21(28)23-12-13-30-17-6-4-3-5-7-17)27-14-16-8-9-18(25-20(16)22(27)29)19-10-11-24-26(19)2/h3-11,15H,12-14H2,1-2H3,(H,23,28)/t15-/m1/s1. The molecule has 0 radical (unpaired) electrons. The lowest BCUT2D eigenvalue weighted by atomic mass is 10.2. The number of ether oxygens (including phenoxy) is 1. The van der Waals surface area contributed by atoms with Gasteiger partial charge in [0.1, 0.15) is 24.1 Å². The quantitative estimate of drug-likeness (QED) is 0.608. The van der Waals surface area contributed by atoms with Crippen molar-refractivity contribution in [2.24, 2.45) is 7.05 Å². The molecule has 1 aliphatic heterocycles. The molecule has 0 aliphatic carbocycles. The molecule has 0 spiro atoms. The van der Waals surface area contributed by atoms with E-state index in [1.807, 2.05) is 55.6 Å². The van der Waals surface area contributed by atoms with Gasteiger partial charge in [-0.15, -0.1) is 0 Å². The summed E-state index contributed by atoms with van der Waals surface area (Å²) in [4.78, 5) is 31.5. The molecular formula is C22H23N5O3. The van der Waals surface area contributed by atoms with E-state index in [0.717, 1.165) is 17.0 Å². The SMILES string of the molecule is C[C@H](C(=O)NCCOc1ccccc1)N1Cc2ccc(-c3ccnn3C)nc2C1=O. The summed E-state index contributed by atoms with van der Waals surface area (Å²) in [5, 5.41) is 6.97. The van der Waals surface area contributed by atoms with Crippen LogP contribution in [0.4, 0.5) is 0 Å². The number of amides is 2. The second kappa shape index (κ2) is 8.36. The molecule has 0 unspecified atom stereocenters. The number of nitrogens with zero attached hydrogens (tertiary/aromatic N) is 4. The second-order valence-electron chi connectivity index (χ2n) is 7.11. The first kappa shape index (κ1) is 19.6. The van der Waals surface area contributed by atoms with Gasteiger partial charge in [0.25, 0.3) is 5.91 Å². The fourth-order valence-corrected chi connectivity index (χ4v) is 3.42. The molecule has 4 rings (SSSR count). The van der Waals surface area contributed by atoms with Crippen LogP contribution in [-0.4, -0.2) is 50.7 Å². The van der Waals surface area contributed by atoms with Crippen LogP contribution in [0.5, 0.6) is 5.75 Å². The number of carbonyl (C=O) groups excluding carboxylic acids is 2. The minimum atomic E-state index is -0.608. The number of rotatable bonds is 7. The van der Waals surface area contributed by atoms with E-state index in [4.69, 9.17) is 4.74 Å². The summed E-state index contributed by atoms with van der Waals surface area (Å²) in [6, 6.07) is 14.4. The molecule has 0 saturated heterocycles. The highest BCUT2D eigenvalue weighted by atomic mass is 16.5. The molecular weight excluding hydrogens is 382 g/mol. The van der Waals surface area contributed by atoms with Crippen LogP contribution >= 0.6 is 0 Å². The average molecular weight is 405 g/mol. The van der Waals surface area contributed by atoms with Gasteiger partial charge in [0.15, 0.2) is 0 Å². The third-order valence-corrected chi connectivity index (χ3v) is 5.13. The van der Waals surface area contributed by atoms with Crippen molar-refractivity contribution in [3.63, 3.8) is 0 Å². The number of para-hydroxylation sites is 1. The minimum absolute atomic E-state index is 0.223. The third kappa shape index (κ3) is 3.89. The molecule has 30 heavy (non-hydrogen) atoms. The fourth-order valence-electron chi connectivity index (χ4n) is 3.42. The summed E-state index contributed by atoms with van der Waals surface area (Å²) in [7, 11) is 1.83. The van der Waals surface area contributed by atoms with Gasteiger partial charge >= 0.3 is 0 Å². The van der Waals surface area contributed by atoms with Crippen LogP contribution in [0, 0.1) is 0 Å². The lowest BCUT2D eigenvalue weighted by Crippen LogP contribution is -2.46. The third-order valence-electron chi connectivity index (χ3n) is 5.13. The molecule has 1 N–H and O–H groups in total. The zero-order valence-electron chi connectivity index (χ0n) is 16.9. The maximum absolute atomic E-state index is 12.9. The van der Waals surface area contributed by atoms with Gasteiger partial charge in [0.2, 0.25) is 5.91 Å². The van der Waals surface area contributed by atoms with Crippen molar-refractivity contribution in [3.05, 3.63) is 66.0 Å². The highest BCUT2D eigenvalue weighted by Crippen LogP contribution is 2.26. The zero-order chi connectivity index (χ0) is 21.1. The molecule has 1 aromatic carbocycles. The van der Waals surface area contributed by atoms with Gasteiger partial charge in [0, 0.05) is 25.4 Å². The Kier molecular flexibility index (Phi) is 5.47. The summed E-state index contributed by atoms with van der Waals surface area (Å²) < 4.78 is 7.29. The van der Waals surface area contributed by atoms with Gasteiger partial charge in [0.05, 0.1) is 17.9 Å². The number of fused-ring (bicyclic) bond motifs is 1. The number of pyridine rings is 1. The van der Waals surface area contributed by atoms with E-state index in [1.54, 1.807) is 17.8 Å². The van der Waals surface area contributed by atoms with Crippen LogP contribution in [0.2, 0.25) is 0 Å². The highest BCUT2D eigenvalue weighted by molar-refractivity contribution is 5.99. The van der Waals surface area contributed by atoms with Gasteiger partial charge in [-0.25, -0.2) is 4.98 Å². The molecule has 3 heterocycles. The number of benzene rings is 1. The Bertz CT molecular complexity index is 1060. The van der Waals surface area contributed by atoms with Crippen molar-refractivity contribution in [1.82, 2.24) is 25.0 Å². The molecule has 1 aliphatic rings. The van der Waals surface area contributed by atoms with E-state index >= 15 is 0 Å². The number of nitrogens with one attached hydrogen (secondary N) is 1. The maximum atomic E-state index is 12.9. The highest BCUT2D eigenvalue weighted by Gasteiger charge is 2.35. The number of aryl methyl sites for hydroxylation is 1. The molecule has 1 atom stereocenters. The van der Waals surface area contributed by atoms with E-state index in [0.29, 0.717) is 31.1 Å². The van der Waals surface area contributed by atoms with E-state index in [9.17, 15) is 9.59 Å². The summed E-state index contributed by atoms with van der Waals surface area (Å²) in [6.07, 6.45) is 1.69. The Labute approximate surface area is 174 Å². The lowest BCUT2D eigenvalue weighted by molar-refractivity contribution is -0.125.